The first-order valence-corrected chi connectivity index (χ1v) is 4.38. The summed E-state index contributed by atoms with van der Waals surface area (Å²) < 4.78 is 22.3. The molecule has 0 spiro atoms. The number of nitrogens with one attached hydrogen (secondary N) is 1. The molecule has 0 aliphatic heterocycles. The number of halogens is 1. The van der Waals surface area contributed by atoms with E-state index in [1.807, 2.05) is 4.72 Å². The summed E-state index contributed by atoms with van der Waals surface area (Å²) in [6.07, 6.45) is 0.512. The van der Waals surface area contributed by atoms with E-state index < -0.39 is 15.7 Å². The number of nitrogens with two attached hydrogens (primary N) is 1. The summed E-state index contributed by atoms with van der Waals surface area (Å²) in [4.78, 5) is 0. The van der Waals surface area contributed by atoms with E-state index in [9.17, 15) is 8.42 Å². The molecule has 1 atom stereocenters. The van der Waals surface area contributed by atoms with Gasteiger partial charge in [0.2, 0.25) is 0 Å². The smallest absolute Gasteiger partial charge is 0.216 e. The fourth-order valence-corrected chi connectivity index (χ4v) is 1.16. The summed E-state index contributed by atoms with van der Waals surface area (Å²) in [6.45, 7) is 1.75. The number of hydrogen-bond acceptors (Lipinski definition) is 2. The average Bonchev–Trinajstić information content (AvgIpc) is 1.62. The molecule has 4 nitrogen and oxygen atoms in total. The molecule has 0 aliphatic rings. The van der Waals surface area contributed by atoms with Gasteiger partial charge in [-0.2, -0.15) is 13.1 Å². The van der Waals surface area contributed by atoms with Crippen molar-refractivity contribution in [1.29, 1.82) is 0 Å². The van der Waals surface area contributed by atoms with Crippen LogP contribution in [0.15, 0.2) is 0 Å². The average molecular weight is 173 g/mol. The lowest BCUT2D eigenvalue weighted by atomic mass is 10.5. The molecule has 0 saturated carbocycles. The zero-order valence-corrected chi connectivity index (χ0v) is 6.54. The van der Waals surface area contributed by atoms with Gasteiger partial charge in [-0.25, -0.2) is 5.14 Å². The molecule has 56 valence electrons. The maximum Gasteiger partial charge on any atom is 0.275 e. The minimum atomic E-state index is -3.62. The van der Waals surface area contributed by atoms with E-state index in [0.29, 0.717) is 6.42 Å². The van der Waals surface area contributed by atoms with Gasteiger partial charge in [0.15, 0.2) is 0 Å². The molecule has 0 aromatic carbocycles. The van der Waals surface area contributed by atoms with Crippen LogP contribution in [0.4, 0.5) is 0 Å². The van der Waals surface area contributed by atoms with Crippen LogP contribution in [0.2, 0.25) is 0 Å². The molecule has 0 fully saturated rings. The Morgan fingerprint density at radius 3 is 2.33 bits per heavy atom. The van der Waals surface area contributed by atoms with E-state index >= 15 is 0 Å². The molecular weight excluding hydrogens is 164 g/mol. The third-order valence-electron chi connectivity index (χ3n) is 0.651. The van der Waals surface area contributed by atoms with Crippen molar-refractivity contribution in [3.63, 3.8) is 0 Å². The van der Waals surface area contributed by atoms with Gasteiger partial charge < -0.3 is 0 Å². The first kappa shape index (κ1) is 9.16. The van der Waals surface area contributed by atoms with Crippen LogP contribution in [0.25, 0.3) is 0 Å². The lowest BCUT2D eigenvalue weighted by Crippen LogP contribution is -2.35. The quantitative estimate of drug-likeness (QED) is 0.456. The molecular formula is C3H9ClN2O2S. The maximum atomic E-state index is 10.2. The molecule has 0 aliphatic carbocycles. The molecule has 0 radical (unpaired) electrons. The third-order valence-corrected chi connectivity index (χ3v) is 1.81. The van der Waals surface area contributed by atoms with Crippen molar-refractivity contribution in [2.24, 2.45) is 5.14 Å². The van der Waals surface area contributed by atoms with Gasteiger partial charge in [0, 0.05) is 0 Å². The van der Waals surface area contributed by atoms with Gasteiger partial charge in [-0.15, -0.1) is 11.6 Å². The molecule has 9 heavy (non-hydrogen) atoms. The monoisotopic (exact) mass is 172 g/mol. The number of alkyl halides is 1. The van der Waals surface area contributed by atoms with Gasteiger partial charge in [-0.3, -0.25) is 0 Å². The standard InChI is InChI=1S/C3H9ClN2O2S/c1-2-3(4)6-9(5,7)8/h3,6H,2H2,1H3,(H2,5,7,8). The van der Waals surface area contributed by atoms with E-state index in [-0.39, 0.29) is 0 Å². The van der Waals surface area contributed by atoms with Gasteiger partial charge in [0.05, 0.1) is 5.50 Å². The second kappa shape index (κ2) is 3.36. The van der Waals surface area contributed by atoms with E-state index in [1.165, 1.54) is 0 Å². The summed E-state index contributed by atoms with van der Waals surface area (Å²) in [6, 6.07) is 0. The minimum Gasteiger partial charge on any atom is -0.216 e. The first-order valence-electron chi connectivity index (χ1n) is 2.40. The Morgan fingerprint density at radius 2 is 2.22 bits per heavy atom. The summed E-state index contributed by atoms with van der Waals surface area (Å²) in [5.74, 6) is 0. The van der Waals surface area contributed by atoms with Crippen molar-refractivity contribution in [3.05, 3.63) is 0 Å². The molecule has 0 heterocycles. The van der Waals surface area contributed by atoms with Crippen molar-refractivity contribution >= 4 is 21.8 Å². The largest absolute Gasteiger partial charge is 0.275 e. The predicted molar refractivity (Wildman–Crippen MR) is 36.2 cm³/mol. The molecule has 3 N–H and O–H groups in total. The molecule has 0 aromatic rings. The number of rotatable bonds is 3. The van der Waals surface area contributed by atoms with Crippen LogP contribution >= 0.6 is 11.6 Å². The second-order valence-electron chi connectivity index (χ2n) is 1.54. The molecule has 0 bridgehead atoms. The SMILES string of the molecule is CCC(Cl)NS(N)(=O)=O. The number of hydrogen-bond donors (Lipinski definition) is 2. The van der Waals surface area contributed by atoms with Crippen LogP contribution in [-0.2, 0) is 10.2 Å². The van der Waals surface area contributed by atoms with Crippen LogP contribution in [0.3, 0.4) is 0 Å². The summed E-state index contributed by atoms with van der Waals surface area (Å²) in [5.41, 5.74) is -0.597. The Labute approximate surface area is 59.6 Å². The first-order chi connectivity index (χ1) is 3.95. The van der Waals surface area contributed by atoms with Crippen LogP contribution in [0.1, 0.15) is 13.3 Å². The lowest BCUT2D eigenvalue weighted by molar-refractivity contribution is 0.577. The molecule has 0 rings (SSSR count). The van der Waals surface area contributed by atoms with Crippen molar-refractivity contribution < 1.29 is 8.42 Å². The van der Waals surface area contributed by atoms with Crippen LogP contribution < -0.4 is 9.86 Å². The van der Waals surface area contributed by atoms with Crippen LogP contribution in [-0.4, -0.2) is 13.9 Å². The van der Waals surface area contributed by atoms with Crippen LogP contribution in [0.5, 0.6) is 0 Å². The highest BCUT2D eigenvalue weighted by atomic mass is 35.5. The highest BCUT2D eigenvalue weighted by molar-refractivity contribution is 7.87. The van der Waals surface area contributed by atoms with Crippen molar-refractivity contribution in [2.75, 3.05) is 0 Å². The van der Waals surface area contributed by atoms with Crippen LogP contribution in [0, 0.1) is 0 Å². The van der Waals surface area contributed by atoms with Gasteiger partial charge in [-0.05, 0) is 6.42 Å². The summed E-state index contributed by atoms with van der Waals surface area (Å²) in [5, 5.41) is 4.59. The lowest BCUT2D eigenvalue weighted by Gasteiger charge is -2.04. The molecule has 1 unspecified atom stereocenters. The summed E-state index contributed by atoms with van der Waals surface area (Å²) in [7, 11) is -3.62. The fourth-order valence-electron chi connectivity index (χ4n) is 0.262. The van der Waals surface area contributed by atoms with Crippen molar-refractivity contribution in [1.82, 2.24) is 4.72 Å². The molecule has 6 heteroatoms. The van der Waals surface area contributed by atoms with E-state index in [2.05, 4.69) is 5.14 Å². The van der Waals surface area contributed by atoms with E-state index in [0.717, 1.165) is 0 Å². The van der Waals surface area contributed by atoms with E-state index in [1.54, 1.807) is 6.92 Å². The van der Waals surface area contributed by atoms with Gasteiger partial charge in [0.25, 0.3) is 10.2 Å². The normalized spacial score (nSPS) is 15.4. The minimum absolute atomic E-state index is 0.512. The fraction of sp³-hybridized carbons (Fsp3) is 1.00. The Balaban J connectivity index is 3.75. The Bertz CT molecular complexity index is 167. The molecule has 0 saturated heterocycles. The van der Waals surface area contributed by atoms with Gasteiger partial charge in [0.1, 0.15) is 0 Å². The third kappa shape index (κ3) is 6.04. The maximum absolute atomic E-state index is 10.2. The molecule has 0 aromatic heterocycles. The van der Waals surface area contributed by atoms with Gasteiger partial charge >= 0.3 is 0 Å². The Kier molecular flexibility index (Phi) is 3.42. The topological polar surface area (TPSA) is 72.2 Å². The molecule has 0 amide bonds. The van der Waals surface area contributed by atoms with Crippen molar-refractivity contribution in [2.45, 2.75) is 18.8 Å². The predicted octanol–water partition coefficient (Wildman–Crippen LogP) is -0.246. The highest BCUT2D eigenvalue weighted by Gasteiger charge is 2.06. The Hall–Kier alpha value is 0.160. The van der Waals surface area contributed by atoms with Gasteiger partial charge in [-0.1, -0.05) is 6.92 Å². The zero-order valence-electron chi connectivity index (χ0n) is 4.96. The highest BCUT2D eigenvalue weighted by Crippen LogP contribution is 1.95. The Morgan fingerprint density at radius 1 is 1.78 bits per heavy atom. The van der Waals surface area contributed by atoms with Crippen molar-refractivity contribution in [3.8, 4) is 0 Å². The summed E-state index contributed by atoms with van der Waals surface area (Å²) >= 11 is 5.38. The zero-order chi connectivity index (χ0) is 7.49. The van der Waals surface area contributed by atoms with E-state index in [4.69, 9.17) is 11.6 Å². The second-order valence-corrected chi connectivity index (χ2v) is 3.39.